The SMILES string of the molecule is CCC(C)(C)c1ccc(C(=O)COc2ccc(C)cc2N)cc1. The number of carbonyl (C=O) groups is 1. The summed E-state index contributed by atoms with van der Waals surface area (Å²) in [7, 11) is 0. The number of anilines is 1. The van der Waals surface area contributed by atoms with Gasteiger partial charge in [0, 0.05) is 5.56 Å². The van der Waals surface area contributed by atoms with Crippen molar-refractivity contribution in [3.63, 3.8) is 0 Å². The molecule has 2 N–H and O–H groups in total. The molecule has 0 unspecified atom stereocenters. The Balaban J connectivity index is 2.03. The Morgan fingerprint density at radius 2 is 1.78 bits per heavy atom. The molecule has 2 rings (SSSR count). The van der Waals surface area contributed by atoms with E-state index in [1.165, 1.54) is 5.56 Å². The molecule has 0 amide bonds. The highest BCUT2D eigenvalue weighted by Crippen LogP contribution is 2.27. The lowest BCUT2D eigenvalue weighted by molar-refractivity contribution is 0.0922. The van der Waals surface area contributed by atoms with Crippen LogP contribution in [0.1, 0.15) is 48.7 Å². The maximum absolute atomic E-state index is 12.3. The van der Waals surface area contributed by atoms with E-state index in [1.807, 2.05) is 43.3 Å². The van der Waals surface area contributed by atoms with Gasteiger partial charge in [-0.2, -0.15) is 0 Å². The normalized spacial score (nSPS) is 11.3. The molecule has 2 aromatic carbocycles. The van der Waals surface area contributed by atoms with Crippen molar-refractivity contribution in [2.75, 3.05) is 12.3 Å². The van der Waals surface area contributed by atoms with E-state index in [9.17, 15) is 4.79 Å². The minimum atomic E-state index is -0.0502. The number of benzene rings is 2. The molecule has 0 atom stereocenters. The van der Waals surface area contributed by atoms with Crippen molar-refractivity contribution in [3.8, 4) is 5.75 Å². The molecule has 0 heterocycles. The van der Waals surface area contributed by atoms with Gasteiger partial charge in [-0.1, -0.05) is 51.1 Å². The predicted octanol–water partition coefficient (Wildman–Crippen LogP) is 4.53. The highest BCUT2D eigenvalue weighted by atomic mass is 16.5. The molecule has 0 saturated heterocycles. The summed E-state index contributed by atoms with van der Waals surface area (Å²) in [4.78, 5) is 12.3. The van der Waals surface area contributed by atoms with Gasteiger partial charge in [0.1, 0.15) is 5.75 Å². The molecule has 0 fully saturated rings. The van der Waals surface area contributed by atoms with E-state index in [4.69, 9.17) is 10.5 Å². The number of nitrogen functional groups attached to an aromatic ring is 1. The lowest BCUT2D eigenvalue weighted by Gasteiger charge is -2.23. The zero-order valence-electron chi connectivity index (χ0n) is 14.3. The number of nitrogens with two attached hydrogens (primary N) is 1. The molecule has 0 aromatic heterocycles. The Bertz CT molecular complexity index is 687. The lowest BCUT2D eigenvalue weighted by Crippen LogP contribution is -2.16. The third-order valence-electron chi connectivity index (χ3n) is 4.40. The second-order valence-electron chi connectivity index (χ2n) is 6.57. The number of Topliss-reactive ketones (excluding diaryl/α,β-unsaturated/α-hetero) is 1. The quantitative estimate of drug-likeness (QED) is 0.630. The van der Waals surface area contributed by atoms with Crippen LogP contribution >= 0.6 is 0 Å². The second-order valence-corrected chi connectivity index (χ2v) is 6.57. The summed E-state index contributed by atoms with van der Waals surface area (Å²) in [6, 6.07) is 13.3. The van der Waals surface area contributed by atoms with Crippen LogP contribution in [0.3, 0.4) is 0 Å². The monoisotopic (exact) mass is 311 g/mol. The highest BCUT2D eigenvalue weighted by molar-refractivity contribution is 5.97. The van der Waals surface area contributed by atoms with E-state index in [0.29, 0.717) is 17.0 Å². The van der Waals surface area contributed by atoms with Crippen molar-refractivity contribution in [1.29, 1.82) is 0 Å². The molecule has 0 aliphatic heterocycles. The molecule has 3 nitrogen and oxygen atoms in total. The fourth-order valence-corrected chi connectivity index (χ4v) is 2.34. The summed E-state index contributed by atoms with van der Waals surface area (Å²) in [6.45, 7) is 8.52. The zero-order chi connectivity index (χ0) is 17.0. The Labute approximate surface area is 138 Å². The summed E-state index contributed by atoms with van der Waals surface area (Å²) in [5.74, 6) is 0.499. The Morgan fingerprint density at radius 1 is 1.13 bits per heavy atom. The molecular formula is C20H25NO2. The summed E-state index contributed by atoms with van der Waals surface area (Å²) >= 11 is 0. The van der Waals surface area contributed by atoms with Crippen LogP contribution in [0, 0.1) is 6.92 Å². The molecule has 0 aliphatic carbocycles. The van der Waals surface area contributed by atoms with Gasteiger partial charge in [0.15, 0.2) is 12.4 Å². The first kappa shape index (κ1) is 17.1. The van der Waals surface area contributed by atoms with E-state index >= 15 is 0 Å². The fourth-order valence-electron chi connectivity index (χ4n) is 2.34. The van der Waals surface area contributed by atoms with Crippen molar-refractivity contribution < 1.29 is 9.53 Å². The molecule has 0 aliphatic rings. The third-order valence-corrected chi connectivity index (χ3v) is 4.40. The number of ether oxygens (including phenoxy) is 1. The second kappa shape index (κ2) is 6.86. The minimum Gasteiger partial charge on any atom is -0.483 e. The summed E-state index contributed by atoms with van der Waals surface area (Å²) < 4.78 is 5.55. The van der Waals surface area contributed by atoms with E-state index < -0.39 is 0 Å². The van der Waals surface area contributed by atoms with Crippen LogP contribution in [0.4, 0.5) is 5.69 Å². The van der Waals surface area contributed by atoms with Crippen molar-refractivity contribution in [2.24, 2.45) is 0 Å². The maximum atomic E-state index is 12.3. The number of hydrogen-bond donors (Lipinski definition) is 1. The Kier molecular flexibility index (Phi) is 5.09. The average Bonchev–Trinajstić information content (AvgIpc) is 2.54. The Morgan fingerprint density at radius 3 is 2.35 bits per heavy atom. The molecule has 0 spiro atoms. The van der Waals surface area contributed by atoms with Gasteiger partial charge in [-0.15, -0.1) is 0 Å². The molecular weight excluding hydrogens is 286 g/mol. The zero-order valence-corrected chi connectivity index (χ0v) is 14.3. The molecule has 0 radical (unpaired) electrons. The smallest absolute Gasteiger partial charge is 0.200 e. The van der Waals surface area contributed by atoms with Crippen LogP contribution in [0.5, 0.6) is 5.75 Å². The highest BCUT2D eigenvalue weighted by Gasteiger charge is 2.18. The molecule has 0 bridgehead atoms. The number of carbonyl (C=O) groups excluding carboxylic acids is 1. The van der Waals surface area contributed by atoms with Crippen LogP contribution in [-0.4, -0.2) is 12.4 Å². The van der Waals surface area contributed by atoms with Gasteiger partial charge in [-0.05, 0) is 42.0 Å². The van der Waals surface area contributed by atoms with Gasteiger partial charge < -0.3 is 10.5 Å². The lowest BCUT2D eigenvalue weighted by atomic mass is 9.82. The van der Waals surface area contributed by atoms with Crippen LogP contribution in [-0.2, 0) is 5.41 Å². The predicted molar refractivity (Wildman–Crippen MR) is 95.2 cm³/mol. The van der Waals surface area contributed by atoms with E-state index in [0.717, 1.165) is 12.0 Å². The molecule has 122 valence electrons. The molecule has 0 saturated carbocycles. The summed E-state index contributed by atoms with van der Waals surface area (Å²) in [5.41, 5.74) is 9.53. The fraction of sp³-hybridized carbons (Fsp3) is 0.350. The minimum absolute atomic E-state index is 0.0101. The maximum Gasteiger partial charge on any atom is 0.200 e. The van der Waals surface area contributed by atoms with Crippen LogP contribution < -0.4 is 10.5 Å². The first-order valence-electron chi connectivity index (χ1n) is 7.96. The van der Waals surface area contributed by atoms with Gasteiger partial charge in [-0.25, -0.2) is 0 Å². The summed E-state index contributed by atoms with van der Waals surface area (Å²) in [6.07, 6.45) is 1.05. The van der Waals surface area contributed by atoms with Gasteiger partial charge in [0.25, 0.3) is 0 Å². The van der Waals surface area contributed by atoms with E-state index in [2.05, 4.69) is 20.8 Å². The molecule has 23 heavy (non-hydrogen) atoms. The van der Waals surface area contributed by atoms with Gasteiger partial charge in [-0.3, -0.25) is 4.79 Å². The third kappa shape index (κ3) is 4.13. The molecule has 3 heteroatoms. The number of aryl methyl sites for hydroxylation is 1. The number of rotatable bonds is 6. The number of ketones is 1. The standard InChI is InChI=1S/C20H25NO2/c1-5-20(3,4)16-9-7-15(8-10-16)18(22)13-23-19-11-6-14(2)12-17(19)21/h6-12H,5,13,21H2,1-4H3. The van der Waals surface area contributed by atoms with Crippen molar-refractivity contribution in [1.82, 2.24) is 0 Å². The van der Waals surface area contributed by atoms with Crippen LogP contribution in [0.15, 0.2) is 42.5 Å². The van der Waals surface area contributed by atoms with Crippen molar-refractivity contribution >= 4 is 11.5 Å². The van der Waals surface area contributed by atoms with E-state index in [1.54, 1.807) is 6.07 Å². The summed E-state index contributed by atoms with van der Waals surface area (Å²) in [5, 5.41) is 0. The average molecular weight is 311 g/mol. The Hall–Kier alpha value is -2.29. The van der Waals surface area contributed by atoms with Gasteiger partial charge >= 0.3 is 0 Å². The van der Waals surface area contributed by atoms with Gasteiger partial charge in [0.05, 0.1) is 5.69 Å². The van der Waals surface area contributed by atoms with E-state index in [-0.39, 0.29) is 17.8 Å². The first-order chi connectivity index (χ1) is 10.8. The van der Waals surface area contributed by atoms with Crippen molar-refractivity contribution in [3.05, 3.63) is 59.2 Å². The van der Waals surface area contributed by atoms with Crippen molar-refractivity contribution in [2.45, 2.75) is 39.5 Å². The van der Waals surface area contributed by atoms with Crippen LogP contribution in [0.25, 0.3) is 0 Å². The molecule has 2 aromatic rings. The largest absolute Gasteiger partial charge is 0.483 e. The first-order valence-corrected chi connectivity index (χ1v) is 7.96. The number of hydrogen-bond acceptors (Lipinski definition) is 3. The van der Waals surface area contributed by atoms with Crippen LogP contribution in [0.2, 0.25) is 0 Å². The van der Waals surface area contributed by atoms with Gasteiger partial charge in [0.2, 0.25) is 0 Å². The topological polar surface area (TPSA) is 52.3 Å².